The lowest BCUT2D eigenvalue weighted by molar-refractivity contribution is -0.139. The van der Waals surface area contributed by atoms with Crippen LogP contribution in [0.3, 0.4) is 0 Å². The molecule has 5 rings (SSSR count). The van der Waals surface area contributed by atoms with Gasteiger partial charge in [0, 0.05) is 62.6 Å². The molecule has 1 spiro atoms. The van der Waals surface area contributed by atoms with Crippen molar-refractivity contribution < 1.29 is 29.6 Å². The van der Waals surface area contributed by atoms with Crippen LogP contribution >= 0.6 is 23.2 Å². The number of anilines is 1. The van der Waals surface area contributed by atoms with E-state index in [0.29, 0.717) is 23.8 Å². The van der Waals surface area contributed by atoms with Gasteiger partial charge in [-0.15, -0.1) is 0 Å². The second-order valence-corrected chi connectivity index (χ2v) is 10.1. The van der Waals surface area contributed by atoms with Crippen molar-refractivity contribution in [1.29, 1.82) is 0 Å². The minimum atomic E-state index is -1.12. The molecule has 3 aliphatic rings. The molecule has 3 N–H and O–H groups in total. The van der Waals surface area contributed by atoms with Gasteiger partial charge < -0.3 is 29.7 Å². The van der Waals surface area contributed by atoms with E-state index in [9.17, 15) is 15.0 Å². The number of aromatic hydroxyl groups is 1. The van der Waals surface area contributed by atoms with Crippen LogP contribution in [0, 0.1) is 0 Å². The van der Waals surface area contributed by atoms with Crippen LogP contribution in [-0.2, 0) is 11.2 Å². The molecule has 0 saturated carbocycles. The summed E-state index contributed by atoms with van der Waals surface area (Å²) < 4.78 is 11.7. The Kier molecular flexibility index (Phi) is 6.18. The number of aliphatic hydroxyl groups is 1. The van der Waals surface area contributed by atoms with Crippen LogP contribution in [0.4, 0.5) is 5.69 Å². The van der Waals surface area contributed by atoms with Crippen molar-refractivity contribution in [2.45, 2.75) is 37.0 Å². The zero-order valence-corrected chi connectivity index (χ0v) is 19.9. The maximum absolute atomic E-state index is 11.0. The number of carboxylic acids is 1. The van der Waals surface area contributed by atoms with Gasteiger partial charge in [0.25, 0.3) is 0 Å². The lowest BCUT2D eigenvalue weighted by Gasteiger charge is -2.41. The number of aliphatic hydroxyl groups excluding tert-OH is 1. The molecule has 34 heavy (non-hydrogen) atoms. The van der Waals surface area contributed by atoms with Crippen molar-refractivity contribution in [3.63, 3.8) is 0 Å². The number of ether oxygens (including phenoxy) is 2. The third-order valence-corrected chi connectivity index (χ3v) is 7.56. The Bertz CT molecular complexity index is 1110. The number of likely N-dealkylation sites (tertiary alicyclic amines) is 1. The number of benzene rings is 2. The van der Waals surface area contributed by atoms with Crippen molar-refractivity contribution in [2.24, 2.45) is 0 Å². The summed E-state index contributed by atoms with van der Waals surface area (Å²) in [5, 5.41) is 30.8. The number of aliphatic carboxylic acids is 1. The van der Waals surface area contributed by atoms with Gasteiger partial charge in [0.1, 0.15) is 22.8 Å². The number of phenolic OH excluding ortho intramolecular Hbond substituents is 1. The number of β-amino-alcohol motifs (C(OH)–C–C–N with tert-alkyl or cyclic N) is 1. The highest BCUT2D eigenvalue weighted by Crippen LogP contribution is 2.43. The van der Waals surface area contributed by atoms with E-state index in [1.54, 1.807) is 0 Å². The van der Waals surface area contributed by atoms with Gasteiger partial charge in [0.05, 0.1) is 22.9 Å². The van der Waals surface area contributed by atoms with E-state index in [4.69, 9.17) is 37.8 Å². The number of halogens is 2. The number of hydrogen-bond acceptors (Lipinski definition) is 7. The molecular formula is C24H26Cl2N2O6. The molecule has 2 unspecified atom stereocenters. The van der Waals surface area contributed by atoms with Crippen LogP contribution in [0.5, 0.6) is 17.2 Å². The Hall–Kier alpha value is -2.39. The smallest absolute Gasteiger partial charge is 0.341 e. The average molecular weight is 509 g/mol. The first kappa shape index (κ1) is 23.4. The number of nitrogens with zero attached hydrogens (tertiary/aromatic N) is 2. The van der Waals surface area contributed by atoms with Gasteiger partial charge in [-0.2, -0.15) is 0 Å². The van der Waals surface area contributed by atoms with E-state index in [2.05, 4.69) is 4.90 Å². The fraction of sp³-hybridized carbons (Fsp3) is 0.458. The number of hydrogen-bond donors (Lipinski definition) is 3. The summed E-state index contributed by atoms with van der Waals surface area (Å²) in [5.41, 5.74) is 1.42. The highest BCUT2D eigenvalue weighted by atomic mass is 35.5. The molecule has 3 aliphatic heterocycles. The SMILES string of the molecule is O=C(O)COc1cc(Cl)c(O)cc1N1CC(O)C(N2CCC3(CC2)Cc2cc(Cl)ccc2O3)C1. The standard InChI is InChI=1S/C24H26Cl2N2O6/c25-15-1-2-21-14(7-15)10-24(34-21)3-5-27(6-4-24)18-11-28(12-20(18)30)17-9-19(29)16(26)8-22(17)33-13-23(31)32/h1-2,7-9,18,20,29-30H,3-6,10-13H2,(H,31,32). The van der Waals surface area contributed by atoms with Gasteiger partial charge in [-0.1, -0.05) is 23.2 Å². The van der Waals surface area contributed by atoms with Crippen molar-refractivity contribution in [1.82, 2.24) is 4.90 Å². The molecule has 3 heterocycles. The molecule has 2 aromatic carbocycles. The van der Waals surface area contributed by atoms with Crippen LogP contribution in [0.1, 0.15) is 18.4 Å². The fourth-order valence-corrected chi connectivity index (χ4v) is 5.65. The minimum Gasteiger partial charge on any atom is -0.506 e. The summed E-state index contributed by atoms with van der Waals surface area (Å²) in [5.74, 6) is -0.0849. The monoisotopic (exact) mass is 508 g/mol. The Morgan fingerprint density at radius 1 is 1.18 bits per heavy atom. The second kappa shape index (κ2) is 9.00. The molecule has 2 atom stereocenters. The third kappa shape index (κ3) is 4.47. The third-order valence-electron chi connectivity index (χ3n) is 7.02. The second-order valence-electron chi connectivity index (χ2n) is 9.24. The summed E-state index contributed by atoms with van der Waals surface area (Å²) in [6.45, 7) is 1.87. The quantitative estimate of drug-likeness (QED) is 0.565. The van der Waals surface area contributed by atoms with Gasteiger partial charge >= 0.3 is 5.97 Å². The zero-order chi connectivity index (χ0) is 24.0. The first-order valence-electron chi connectivity index (χ1n) is 11.2. The Labute approximate surface area is 207 Å². The average Bonchev–Trinajstić information content (AvgIpc) is 3.34. The van der Waals surface area contributed by atoms with Crippen LogP contribution < -0.4 is 14.4 Å². The summed E-state index contributed by atoms with van der Waals surface area (Å²) in [4.78, 5) is 15.2. The summed E-state index contributed by atoms with van der Waals surface area (Å²) in [6.07, 6.45) is 1.92. The van der Waals surface area contributed by atoms with Crippen LogP contribution in [0.2, 0.25) is 10.0 Å². The maximum atomic E-state index is 11.0. The van der Waals surface area contributed by atoms with Crippen molar-refractivity contribution in [3.05, 3.63) is 45.9 Å². The van der Waals surface area contributed by atoms with E-state index in [0.717, 1.165) is 43.7 Å². The molecule has 0 radical (unpaired) electrons. The Morgan fingerprint density at radius 2 is 1.94 bits per heavy atom. The molecular weight excluding hydrogens is 483 g/mol. The Balaban J connectivity index is 1.26. The number of rotatable bonds is 5. The predicted molar refractivity (Wildman–Crippen MR) is 128 cm³/mol. The number of carbonyl (C=O) groups is 1. The lowest BCUT2D eigenvalue weighted by atomic mass is 9.86. The van der Waals surface area contributed by atoms with Crippen LogP contribution in [0.15, 0.2) is 30.3 Å². The Morgan fingerprint density at radius 3 is 2.68 bits per heavy atom. The molecule has 10 heteroatoms. The van der Waals surface area contributed by atoms with Crippen molar-refractivity contribution in [3.8, 4) is 17.2 Å². The molecule has 2 saturated heterocycles. The van der Waals surface area contributed by atoms with E-state index in [-0.39, 0.29) is 28.2 Å². The van der Waals surface area contributed by atoms with Gasteiger partial charge in [-0.05, 0) is 23.8 Å². The van der Waals surface area contributed by atoms with Gasteiger partial charge in [-0.3, -0.25) is 4.90 Å². The first-order chi connectivity index (χ1) is 16.2. The first-order valence-corrected chi connectivity index (χ1v) is 12.0. The van der Waals surface area contributed by atoms with Gasteiger partial charge in [-0.25, -0.2) is 4.79 Å². The number of piperidine rings is 1. The summed E-state index contributed by atoms with van der Waals surface area (Å²) >= 11 is 12.2. The largest absolute Gasteiger partial charge is 0.506 e. The highest BCUT2D eigenvalue weighted by Gasteiger charge is 2.45. The van der Waals surface area contributed by atoms with E-state index in [1.165, 1.54) is 12.1 Å². The number of phenols is 1. The number of carboxylic acid groups (broad SMARTS) is 1. The van der Waals surface area contributed by atoms with E-state index in [1.807, 2.05) is 23.1 Å². The van der Waals surface area contributed by atoms with Gasteiger partial charge in [0.2, 0.25) is 0 Å². The number of fused-ring (bicyclic) bond motifs is 1. The van der Waals surface area contributed by atoms with Gasteiger partial charge in [0.15, 0.2) is 6.61 Å². The van der Waals surface area contributed by atoms with Crippen LogP contribution in [-0.4, -0.2) is 76.7 Å². The molecule has 0 aromatic heterocycles. The molecule has 0 amide bonds. The zero-order valence-electron chi connectivity index (χ0n) is 18.4. The normalized spacial score (nSPS) is 23.7. The van der Waals surface area contributed by atoms with Crippen molar-refractivity contribution in [2.75, 3.05) is 37.7 Å². The fourth-order valence-electron chi connectivity index (χ4n) is 5.30. The summed E-state index contributed by atoms with van der Waals surface area (Å²) in [7, 11) is 0. The summed E-state index contributed by atoms with van der Waals surface area (Å²) in [6, 6.07) is 8.50. The molecule has 0 bridgehead atoms. The predicted octanol–water partition coefficient (Wildman–Crippen LogP) is 3.18. The molecule has 182 valence electrons. The van der Waals surface area contributed by atoms with E-state index >= 15 is 0 Å². The van der Waals surface area contributed by atoms with E-state index < -0.39 is 18.7 Å². The molecule has 2 aromatic rings. The minimum absolute atomic E-state index is 0.0700. The molecule has 0 aliphatic carbocycles. The van der Waals surface area contributed by atoms with Crippen molar-refractivity contribution >= 4 is 34.9 Å². The maximum Gasteiger partial charge on any atom is 0.341 e. The van der Waals surface area contributed by atoms with Crippen LogP contribution in [0.25, 0.3) is 0 Å². The lowest BCUT2D eigenvalue weighted by Crippen LogP contribution is -2.53. The molecule has 2 fully saturated rings. The highest BCUT2D eigenvalue weighted by molar-refractivity contribution is 6.32. The topological polar surface area (TPSA) is 103 Å². The molecule has 8 nitrogen and oxygen atoms in total.